The van der Waals surface area contributed by atoms with Gasteiger partial charge in [-0.2, -0.15) is 0 Å². The van der Waals surface area contributed by atoms with Crippen LogP contribution in [0.3, 0.4) is 0 Å². The van der Waals surface area contributed by atoms with Gasteiger partial charge in [-0.3, -0.25) is 4.90 Å². The molecule has 6 bridgehead atoms. The highest BCUT2D eigenvalue weighted by atomic mass is 16.3. The summed E-state index contributed by atoms with van der Waals surface area (Å²) in [4.78, 5) is 2.78. The Hall–Kier alpha value is -0.120. The first-order valence-electron chi connectivity index (χ1n) is 10.3. The van der Waals surface area contributed by atoms with Crippen LogP contribution in [0.4, 0.5) is 0 Å². The molecule has 23 heavy (non-hydrogen) atoms. The maximum Gasteiger partial charge on any atom is 0.0880 e. The van der Waals surface area contributed by atoms with Crippen LogP contribution in [0.25, 0.3) is 0 Å². The lowest BCUT2D eigenvalue weighted by Crippen LogP contribution is -2.69. The van der Waals surface area contributed by atoms with Crippen molar-refractivity contribution in [3.8, 4) is 0 Å². The number of rotatable bonds is 0. The molecule has 4 saturated carbocycles. The quantitative estimate of drug-likeness (QED) is 0.722. The average molecular weight is 317 g/mol. The fraction of sp³-hybridized carbons (Fsp3) is 1.00. The number of hydrogen-bond donors (Lipinski definition) is 2. The lowest BCUT2D eigenvalue weighted by molar-refractivity contribution is -0.171. The van der Waals surface area contributed by atoms with Gasteiger partial charge in [0.1, 0.15) is 0 Å². The van der Waals surface area contributed by atoms with E-state index in [9.17, 15) is 10.2 Å². The molecular formula is C20H31NO2. The molecule has 3 heteroatoms. The second-order valence-corrected chi connectivity index (χ2v) is 9.97. The van der Waals surface area contributed by atoms with Gasteiger partial charge in [0, 0.05) is 18.0 Å². The molecule has 1 unspecified atom stereocenters. The molecule has 3 nitrogen and oxygen atoms in total. The predicted octanol–water partition coefficient (Wildman–Crippen LogP) is 2.55. The molecule has 0 radical (unpaired) electrons. The minimum Gasteiger partial charge on any atom is -0.393 e. The highest BCUT2D eigenvalue weighted by Gasteiger charge is 2.82. The maximum absolute atomic E-state index is 12.0. The van der Waals surface area contributed by atoms with Gasteiger partial charge in [0.15, 0.2) is 0 Å². The molecule has 0 aromatic carbocycles. The number of fused-ring (bicyclic) bond motifs is 1. The summed E-state index contributed by atoms with van der Waals surface area (Å²) in [6, 6.07) is 1.21. The first kappa shape index (κ1) is 14.1. The number of piperidine rings is 2. The fourth-order valence-electron chi connectivity index (χ4n) is 9.29. The Morgan fingerprint density at radius 2 is 1.78 bits per heavy atom. The number of hydrogen-bond acceptors (Lipinski definition) is 3. The summed E-state index contributed by atoms with van der Waals surface area (Å²) in [6.07, 6.45) is 10.7. The molecule has 3 heterocycles. The van der Waals surface area contributed by atoms with Crippen LogP contribution in [0.1, 0.15) is 64.7 Å². The second kappa shape index (κ2) is 4.16. The van der Waals surface area contributed by atoms with Crippen LogP contribution in [0, 0.1) is 29.6 Å². The summed E-state index contributed by atoms with van der Waals surface area (Å²) in [5.41, 5.74) is -0.557. The van der Waals surface area contributed by atoms with Crippen LogP contribution < -0.4 is 0 Å². The van der Waals surface area contributed by atoms with Crippen LogP contribution >= 0.6 is 0 Å². The van der Waals surface area contributed by atoms with Gasteiger partial charge in [0.25, 0.3) is 0 Å². The van der Waals surface area contributed by atoms with E-state index in [1.165, 1.54) is 44.9 Å². The minimum absolute atomic E-state index is 0.0703. The topological polar surface area (TPSA) is 43.7 Å². The summed E-state index contributed by atoms with van der Waals surface area (Å²) in [5.74, 6) is 3.10. The fourth-order valence-corrected chi connectivity index (χ4v) is 9.29. The molecular weight excluding hydrogens is 286 g/mol. The van der Waals surface area contributed by atoms with Crippen molar-refractivity contribution in [1.29, 1.82) is 0 Å². The summed E-state index contributed by atoms with van der Waals surface area (Å²) < 4.78 is 0. The van der Waals surface area contributed by atoms with E-state index in [4.69, 9.17) is 0 Å². The van der Waals surface area contributed by atoms with Crippen molar-refractivity contribution in [2.45, 2.75) is 94.0 Å². The van der Waals surface area contributed by atoms with Gasteiger partial charge in [-0.25, -0.2) is 0 Å². The molecule has 0 aromatic rings. The van der Waals surface area contributed by atoms with E-state index in [0.717, 1.165) is 18.8 Å². The molecule has 4 aliphatic carbocycles. The number of nitrogens with zero attached hydrogens (tertiary/aromatic N) is 1. The van der Waals surface area contributed by atoms with E-state index in [1.807, 2.05) is 0 Å². The van der Waals surface area contributed by atoms with Crippen molar-refractivity contribution in [3.05, 3.63) is 0 Å². The van der Waals surface area contributed by atoms with Crippen molar-refractivity contribution in [3.63, 3.8) is 0 Å². The van der Waals surface area contributed by atoms with Crippen LogP contribution in [-0.2, 0) is 0 Å². The molecule has 7 aliphatic rings. The molecule has 128 valence electrons. The first-order valence-corrected chi connectivity index (χ1v) is 10.3. The van der Waals surface area contributed by atoms with E-state index in [0.29, 0.717) is 35.8 Å². The van der Waals surface area contributed by atoms with Crippen molar-refractivity contribution >= 4 is 0 Å². The molecule has 3 aliphatic heterocycles. The van der Waals surface area contributed by atoms with E-state index in [1.54, 1.807) is 0 Å². The van der Waals surface area contributed by atoms with Crippen LogP contribution in [-0.4, -0.2) is 44.4 Å². The Labute approximate surface area is 139 Å². The van der Waals surface area contributed by atoms with E-state index < -0.39 is 5.60 Å². The Morgan fingerprint density at radius 3 is 2.61 bits per heavy atom. The SMILES string of the molecule is C[C@H]1CC[C@@H]2[C@H]3C[C@H]4C[C@]2(O)[C@@]2(C[C@H](O)[C@@H]5CCCC[C@H]5[C@H]42)N31. The first-order chi connectivity index (χ1) is 11.1. The normalized spacial score (nSPS) is 68.7. The number of aliphatic hydroxyl groups excluding tert-OH is 1. The van der Waals surface area contributed by atoms with Crippen molar-refractivity contribution in [1.82, 2.24) is 4.90 Å². The third kappa shape index (κ3) is 1.32. The zero-order valence-corrected chi connectivity index (χ0v) is 14.3. The van der Waals surface area contributed by atoms with Crippen LogP contribution in [0.5, 0.6) is 0 Å². The van der Waals surface area contributed by atoms with E-state index in [2.05, 4.69) is 11.8 Å². The van der Waals surface area contributed by atoms with Crippen molar-refractivity contribution < 1.29 is 10.2 Å². The third-order valence-electron chi connectivity index (χ3n) is 9.54. The minimum atomic E-state index is -0.487. The smallest absolute Gasteiger partial charge is 0.0880 e. The van der Waals surface area contributed by atoms with Gasteiger partial charge in [0.05, 0.1) is 17.2 Å². The Balaban J connectivity index is 1.54. The Bertz CT molecular complexity index is 552. The van der Waals surface area contributed by atoms with Gasteiger partial charge < -0.3 is 10.2 Å². The molecule has 7 fully saturated rings. The van der Waals surface area contributed by atoms with Gasteiger partial charge >= 0.3 is 0 Å². The predicted molar refractivity (Wildman–Crippen MR) is 87.8 cm³/mol. The molecule has 3 saturated heterocycles. The summed E-state index contributed by atoms with van der Waals surface area (Å²) in [6.45, 7) is 2.39. The standard InChI is InChI=1S/C20H31NO2/c1-11-6-7-15-16-8-12-9-20(15,23)19(21(11)16)10-17(22)13-4-2-3-5-14(13)18(12)19/h11-18,22-23H,2-10H2,1H3/t11-,12-,13+,14+,15+,16+,17-,18-,19-,20+/m0/s1. The lowest BCUT2D eigenvalue weighted by atomic mass is 9.54. The molecule has 0 amide bonds. The van der Waals surface area contributed by atoms with Crippen molar-refractivity contribution in [2.24, 2.45) is 29.6 Å². The summed E-state index contributed by atoms with van der Waals surface area (Å²) in [5, 5.41) is 23.0. The lowest BCUT2D eigenvalue weighted by Gasteiger charge is -2.61. The highest BCUT2D eigenvalue weighted by Crippen LogP contribution is 2.75. The van der Waals surface area contributed by atoms with Gasteiger partial charge in [0.2, 0.25) is 0 Å². The molecule has 11 atom stereocenters. The maximum atomic E-state index is 12.0. The molecule has 2 N–H and O–H groups in total. The molecule has 7 rings (SSSR count). The molecule has 1 spiro atoms. The second-order valence-electron chi connectivity index (χ2n) is 9.97. The average Bonchev–Trinajstić information content (AvgIpc) is 2.75. The van der Waals surface area contributed by atoms with E-state index in [-0.39, 0.29) is 11.6 Å². The zero-order chi connectivity index (χ0) is 15.6. The number of aliphatic hydroxyl groups is 2. The highest BCUT2D eigenvalue weighted by molar-refractivity contribution is 5.34. The monoisotopic (exact) mass is 317 g/mol. The Morgan fingerprint density at radius 1 is 1.00 bits per heavy atom. The zero-order valence-electron chi connectivity index (χ0n) is 14.3. The van der Waals surface area contributed by atoms with Gasteiger partial charge in [-0.05, 0) is 75.5 Å². The third-order valence-corrected chi connectivity index (χ3v) is 9.54. The summed E-state index contributed by atoms with van der Waals surface area (Å²) >= 11 is 0. The molecule has 0 aromatic heterocycles. The van der Waals surface area contributed by atoms with Crippen molar-refractivity contribution in [2.75, 3.05) is 0 Å². The van der Waals surface area contributed by atoms with Crippen LogP contribution in [0.2, 0.25) is 0 Å². The summed E-state index contributed by atoms with van der Waals surface area (Å²) in [7, 11) is 0. The Kier molecular flexibility index (Phi) is 2.55. The van der Waals surface area contributed by atoms with Gasteiger partial charge in [-0.15, -0.1) is 0 Å². The van der Waals surface area contributed by atoms with Gasteiger partial charge in [-0.1, -0.05) is 12.8 Å². The van der Waals surface area contributed by atoms with Crippen LogP contribution in [0.15, 0.2) is 0 Å². The largest absolute Gasteiger partial charge is 0.393 e. The van der Waals surface area contributed by atoms with E-state index >= 15 is 0 Å².